The van der Waals surface area contributed by atoms with Crippen molar-refractivity contribution in [3.63, 3.8) is 0 Å². The minimum atomic E-state index is -0.205. The van der Waals surface area contributed by atoms with Crippen molar-refractivity contribution in [2.24, 2.45) is 0 Å². The van der Waals surface area contributed by atoms with Gasteiger partial charge in [0.15, 0.2) is 5.82 Å². The number of piperidine rings is 1. The van der Waals surface area contributed by atoms with Gasteiger partial charge in [0.05, 0.1) is 35.5 Å². The van der Waals surface area contributed by atoms with Gasteiger partial charge in [-0.15, -0.1) is 0 Å². The Morgan fingerprint density at radius 3 is 2.90 bits per heavy atom. The number of nitrogens with zero attached hydrogens (tertiary/aromatic N) is 6. The smallest absolute Gasteiger partial charge is 0.327 e. The zero-order valence-corrected chi connectivity index (χ0v) is 16.1. The summed E-state index contributed by atoms with van der Waals surface area (Å²) in [7, 11) is 0. The van der Waals surface area contributed by atoms with Gasteiger partial charge in [-0.2, -0.15) is 0 Å². The van der Waals surface area contributed by atoms with Crippen LogP contribution in [0, 0.1) is 6.92 Å². The monoisotopic (exact) mass is 387 g/mol. The number of anilines is 3. The molecule has 0 spiro atoms. The van der Waals surface area contributed by atoms with E-state index in [2.05, 4.69) is 31.2 Å². The van der Waals surface area contributed by atoms with Gasteiger partial charge in [0.1, 0.15) is 6.33 Å². The fourth-order valence-corrected chi connectivity index (χ4v) is 4.10. The van der Waals surface area contributed by atoms with E-state index in [0.29, 0.717) is 11.5 Å². The third-order valence-corrected chi connectivity index (χ3v) is 5.41. The Hall–Kier alpha value is -3.55. The van der Waals surface area contributed by atoms with Crippen molar-refractivity contribution in [1.82, 2.24) is 19.9 Å². The van der Waals surface area contributed by atoms with E-state index in [1.165, 1.54) is 6.33 Å². The molecule has 3 aromatic heterocycles. The van der Waals surface area contributed by atoms with Crippen LogP contribution >= 0.6 is 0 Å². The normalized spacial score (nSPS) is 17.6. The van der Waals surface area contributed by atoms with E-state index in [0.717, 1.165) is 48.6 Å². The molecule has 29 heavy (non-hydrogen) atoms. The van der Waals surface area contributed by atoms with E-state index in [-0.39, 0.29) is 12.1 Å². The van der Waals surface area contributed by atoms with Gasteiger partial charge in [-0.1, -0.05) is 0 Å². The number of hydrogen-bond acceptors (Lipinski definition) is 6. The van der Waals surface area contributed by atoms with Crippen LogP contribution in [0.3, 0.4) is 0 Å². The van der Waals surface area contributed by atoms with Gasteiger partial charge in [0.25, 0.3) is 0 Å². The third-order valence-electron chi connectivity index (χ3n) is 5.41. The molecule has 2 aliphatic heterocycles. The molecule has 1 fully saturated rings. The second kappa shape index (κ2) is 7.12. The second-order valence-corrected chi connectivity index (χ2v) is 7.39. The summed E-state index contributed by atoms with van der Waals surface area (Å²) in [6.45, 7) is 3.77. The van der Waals surface area contributed by atoms with Crippen molar-refractivity contribution in [3.8, 4) is 11.3 Å². The molecule has 2 bridgehead atoms. The molecule has 8 nitrogen and oxygen atoms in total. The van der Waals surface area contributed by atoms with Gasteiger partial charge in [-0.3, -0.25) is 9.88 Å². The zero-order chi connectivity index (χ0) is 19.8. The van der Waals surface area contributed by atoms with Crippen LogP contribution in [0.1, 0.15) is 18.5 Å². The lowest BCUT2D eigenvalue weighted by Crippen LogP contribution is -2.56. The lowest BCUT2D eigenvalue weighted by Gasteiger charge is -2.45. The van der Waals surface area contributed by atoms with Crippen LogP contribution in [-0.2, 0) is 0 Å². The Morgan fingerprint density at radius 1 is 1.21 bits per heavy atom. The second-order valence-electron chi connectivity index (χ2n) is 7.39. The molecule has 0 radical (unpaired) electrons. The Bertz CT molecular complexity index is 1060. The summed E-state index contributed by atoms with van der Waals surface area (Å²) in [6, 6.07) is 7.91. The van der Waals surface area contributed by atoms with Gasteiger partial charge in [-0.05, 0) is 44.0 Å². The summed E-state index contributed by atoms with van der Waals surface area (Å²) < 4.78 is 0. The number of hydrogen-bond donors (Lipinski definition) is 1. The first kappa shape index (κ1) is 17.5. The minimum Gasteiger partial charge on any atom is -0.366 e. The van der Waals surface area contributed by atoms with Crippen LogP contribution in [-0.4, -0.2) is 45.1 Å². The lowest BCUT2D eigenvalue weighted by atomic mass is 9.99. The molecule has 1 unspecified atom stereocenters. The Morgan fingerprint density at radius 2 is 2.07 bits per heavy atom. The molecule has 1 saturated heterocycles. The van der Waals surface area contributed by atoms with Crippen molar-refractivity contribution in [2.75, 3.05) is 28.2 Å². The van der Waals surface area contributed by atoms with E-state index >= 15 is 0 Å². The van der Waals surface area contributed by atoms with Crippen molar-refractivity contribution < 1.29 is 4.79 Å². The summed E-state index contributed by atoms with van der Waals surface area (Å²) in [6.07, 6.45) is 8.40. The zero-order valence-electron chi connectivity index (χ0n) is 16.1. The number of carbonyl (C=O) groups is 1. The first-order chi connectivity index (χ1) is 14.2. The number of nitrogens with one attached hydrogen (secondary N) is 1. The van der Waals surface area contributed by atoms with Crippen LogP contribution in [0.2, 0.25) is 0 Å². The number of rotatable bonds is 2. The number of aryl methyl sites for hydroxylation is 1. The standard InChI is InChI=1S/C21H21N7O/c1-14-9-15(6-7-24-14)18-4-5-19-20(26-18)28(17-3-2-8-27(19)12-17)21(29)25-16-10-22-13-23-11-16/h4-7,9-11,13,17H,2-3,8,12H2,1H3,(H,25,29). The maximum absolute atomic E-state index is 13.2. The van der Waals surface area contributed by atoms with Crippen molar-refractivity contribution in [1.29, 1.82) is 0 Å². The molecule has 0 saturated carbocycles. The lowest BCUT2D eigenvalue weighted by molar-refractivity contribution is 0.252. The van der Waals surface area contributed by atoms with E-state index in [4.69, 9.17) is 4.98 Å². The molecule has 0 aliphatic carbocycles. The van der Waals surface area contributed by atoms with Crippen molar-refractivity contribution in [2.45, 2.75) is 25.8 Å². The molecule has 3 aromatic rings. The van der Waals surface area contributed by atoms with E-state index in [1.807, 2.05) is 25.1 Å². The number of urea groups is 1. The van der Waals surface area contributed by atoms with Crippen molar-refractivity contribution >= 4 is 23.2 Å². The van der Waals surface area contributed by atoms with Crippen LogP contribution in [0.15, 0.2) is 49.2 Å². The Labute approximate surface area is 168 Å². The molecule has 0 aromatic carbocycles. The summed E-state index contributed by atoms with van der Waals surface area (Å²) in [5, 5.41) is 2.92. The summed E-state index contributed by atoms with van der Waals surface area (Å²) in [5.74, 6) is 0.697. The average molecular weight is 387 g/mol. The topological polar surface area (TPSA) is 87.1 Å². The first-order valence-electron chi connectivity index (χ1n) is 9.73. The fraction of sp³-hybridized carbons (Fsp3) is 0.286. The van der Waals surface area contributed by atoms with Crippen molar-refractivity contribution in [3.05, 3.63) is 54.9 Å². The summed E-state index contributed by atoms with van der Waals surface area (Å²) in [5.41, 5.74) is 4.31. The maximum atomic E-state index is 13.2. The Kier molecular flexibility index (Phi) is 4.31. The molecule has 2 amide bonds. The quantitative estimate of drug-likeness (QED) is 0.726. The molecular formula is C21H21N7O. The van der Waals surface area contributed by atoms with Gasteiger partial charge in [-0.25, -0.2) is 19.7 Å². The fourth-order valence-electron chi connectivity index (χ4n) is 4.10. The average Bonchev–Trinajstić information content (AvgIpc) is 2.74. The maximum Gasteiger partial charge on any atom is 0.327 e. The highest BCUT2D eigenvalue weighted by Crippen LogP contribution is 2.39. The molecule has 5 heterocycles. The van der Waals surface area contributed by atoms with Gasteiger partial charge < -0.3 is 10.2 Å². The number of aromatic nitrogens is 4. The van der Waals surface area contributed by atoms with Crippen LogP contribution in [0.25, 0.3) is 11.3 Å². The van der Waals surface area contributed by atoms with Gasteiger partial charge in [0.2, 0.25) is 0 Å². The van der Waals surface area contributed by atoms with E-state index in [9.17, 15) is 4.79 Å². The molecule has 1 N–H and O–H groups in total. The predicted octanol–water partition coefficient (Wildman–Crippen LogP) is 3.26. The van der Waals surface area contributed by atoms with Crippen LogP contribution in [0.5, 0.6) is 0 Å². The molecular weight excluding hydrogens is 366 g/mol. The molecule has 5 rings (SSSR count). The summed E-state index contributed by atoms with van der Waals surface area (Å²) >= 11 is 0. The first-order valence-corrected chi connectivity index (χ1v) is 9.73. The molecule has 2 aliphatic rings. The van der Waals surface area contributed by atoms with E-state index < -0.39 is 0 Å². The highest BCUT2D eigenvalue weighted by atomic mass is 16.2. The number of carbonyl (C=O) groups excluding carboxylic acids is 1. The largest absolute Gasteiger partial charge is 0.366 e. The highest BCUT2D eigenvalue weighted by molar-refractivity contribution is 6.04. The SMILES string of the molecule is Cc1cc(-c2ccc3c(n2)N(C(=O)Nc2cncnc2)C2CCCN3C2)ccn1. The van der Waals surface area contributed by atoms with Crippen LogP contribution in [0.4, 0.5) is 22.0 Å². The number of pyridine rings is 2. The third kappa shape index (κ3) is 3.26. The highest BCUT2D eigenvalue weighted by Gasteiger charge is 2.38. The van der Waals surface area contributed by atoms with E-state index in [1.54, 1.807) is 23.5 Å². The van der Waals surface area contributed by atoms with Gasteiger partial charge >= 0.3 is 6.03 Å². The minimum absolute atomic E-state index is 0.0859. The predicted molar refractivity (Wildman–Crippen MR) is 111 cm³/mol. The van der Waals surface area contributed by atoms with Gasteiger partial charge in [0, 0.05) is 30.5 Å². The van der Waals surface area contributed by atoms with Crippen LogP contribution < -0.4 is 15.1 Å². The number of fused-ring (bicyclic) bond motifs is 4. The molecule has 146 valence electrons. The molecule has 1 atom stereocenters. The Balaban J connectivity index is 1.56. The summed E-state index contributed by atoms with van der Waals surface area (Å²) in [4.78, 5) is 34.5. The molecule has 8 heteroatoms. The number of amides is 2.